The van der Waals surface area contributed by atoms with Crippen LogP contribution < -0.4 is 16.0 Å². The van der Waals surface area contributed by atoms with Crippen molar-refractivity contribution < 1.29 is 4.74 Å². The molecule has 2 unspecified atom stereocenters. The van der Waals surface area contributed by atoms with Crippen molar-refractivity contribution in [1.29, 1.82) is 0 Å². The smallest absolute Gasteiger partial charge is 0.122 e. The summed E-state index contributed by atoms with van der Waals surface area (Å²) in [6.45, 7) is 5.07. The Morgan fingerprint density at radius 1 is 1.40 bits per heavy atom. The van der Waals surface area contributed by atoms with Gasteiger partial charge >= 0.3 is 0 Å². The Morgan fingerprint density at radius 2 is 2.13 bits per heavy atom. The molecule has 0 saturated heterocycles. The maximum atomic E-state index is 5.65. The molecule has 15 heavy (non-hydrogen) atoms. The summed E-state index contributed by atoms with van der Waals surface area (Å²) in [5.41, 5.74) is 4.18. The van der Waals surface area contributed by atoms with Gasteiger partial charge < -0.3 is 4.74 Å². The molecule has 2 atom stereocenters. The van der Waals surface area contributed by atoms with Gasteiger partial charge in [0.1, 0.15) is 5.75 Å². The first-order valence-electron chi connectivity index (χ1n) is 5.42. The summed E-state index contributed by atoms with van der Waals surface area (Å²) < 4.78 is 5.65. The number of hydrogen-bond acceptors (Lipinski definition) is 3. The van der Waals surface area contributed by atoms with E-state index in [1.54, 1.807) is 0 Å². The lowest BCUT2D eigenvalue weighted by molar-refractivity contribution is 0.269. The molecule has 82 valence electrons. The summed E-state index contributed by atoms with van der Waals surface area (Å²) in [6.07, 6.45) is 0. The van der Waals surface area contributed by atoms with E-state index in [0.717, 1.165) is 12.4 Å². The third-order valence-corrected chi connectivity index (χ3v) is 3.08. The second kappa shape index (κ2) is 4.21. The molecule has 2 rings (SSSR count). The number of hydrogen-bond donors (Lipinski definition) is 2. The van der Waals surface area contributed by atoms with Gasteiger partial charge in [-0.05, 0) is 12.0 Å². The van der Waals surface area contributed by atoms with E-state index >= 15 is 0 Å². The van der Waals surface area contributed by atoms with E-state index in [0.29, 0.717) is 11.8 Å². The molecule has 0 amide bonds. The first-order valence-corrected chi connectivity index (χ1v) is 5.42. The van der Waals surface area contributed by atoms with Crippen molar-refractivity contribution in [2.24, 2.45) is 11.8 Å². The Balaban J connectivity index is 2.26. The highest BCUT2D eigenvalue weighted by atomic mass is 16.5. The first-order chi connectivity index (χ1) is 7.24. The largest absolute Gasteiger partial charge is 0.493 e. The average molecular weight is 206 g/mol. The van der Waals surface area contributed by atoms with Crippen LogP contribution in [0.15, 0.2) is 24.3 Å². The van der Waals surface area contributed by atoms with Crippen molar-refractivity contribution >= 4 is 0 Å². The van der Waals surface area contributed by atoms with Gasteiger partial charge in [0.2, 0.25) is 0 Å². The number of hydrazine groups is 1. The molecule has 1 aliphatic rings. The monoisotopic (exact) mass is 206 g/mol. The van der Waals surface area contributed by atoms with Crippen molar-refractivity contribution in [3.63, 3.8) is 0 Å². The normalized spacial score (nSPS) is 21.2. The topological polar surface area (TPSA) is 47.3 Å². The average Bonchev–Trinajstić information content (AvgIpc) is 2.63. The lowest BCUT2D eigenvalue weighted by atomic mass is 9.87. The molecule has 1 aliphatic heterocycles. The highest BCUT2D eigenvalue weighted by molar-refractivity contribution is 5.40. The van der Waals surface area contributed by atoms with Crippen LogP contribution in [0, 0.1) is 5.92 Å². The number of para-hydroxylation sites is 1. The predicted octanol–water partition coefficient (Wildman–Crippen LogP) is 1.65. The minimum absolute atomic E-state index is 0.272. The van der Waals surface area contributed by atoms with Gasteiger partial charge in [0.25, 0.3) is 0 Å². The summed E-state index contributed by atoms with van der Waals surface area (Å²) in [4.78, 5) is 0. The van der Waals surface area contributed by atoms with E-state index in [1.807, 2.05) is 12.1 Å². The number of nitrogens with one attached hydrogen (secondary N) is 1. The van der Waals surface area contributed by atoms with Gasteiger partial charge in [0.05, 0.1) is 6.61 Å². The molecule has 0 bridgehead atoms. The molecule has 0 aromatic heterocycles. The van der Waals surface area contributed by atoms with E-state index in [-0.39, 0.29) is 6.04 Å². The lowest BCUT2D eigenvalue weighted by Gasteiger charge is -2.25. The fourth-order valence-electron chi connectivity index (χ4n) is 2.26. The number of ether oxygens (including phenoxy) is 1. The van der Waals surface area contributed by atoms with Gasteiger partial charge in [-0.2, -0.15) is 0 Å². The number of benzene rings is 1. The summed E-state index contributed by atoms with van der Waals surface area (Å²) in [6, 6.07) is 8.47. The van der Waals surface area contributed by atoms with Crippen molar-refractivity contribution in [3.8, 4) is 5.75 Å². The van der Waals surface area contributed by atoms with Gasteiger partial charge in [0.15, 0.2) is 0 Å². The van der Waals surface area contributed by atoms with Crippen molar-refractivity contribution in [1.82, 2.24) is 5.43 Å². The molecule has 1 aromatic rings. The molecule has 0 saturated carbocycles. The molecule has 0 aliphatic carbocycles. The van der Waals surface area contributed by atoms with Crippen LogP contribution in [0.25, 0.3) is 0 Å². The number of fused-ring (bicyclic) bond motifs is 1. The van der Waals surface area contributed by atoms with E-state index in [9.17, 15) is 0 Å². The molecule has 3 nitrogen and oxygen atoms in total. The summed E-state index contributed by atoms with van der Waals surface area (Å²) in [5.74, 6) is 7.47. The standard InChI is InChI=1S/C12H18N2O/c1-8(2)12(14-13)10-7-15-11-6-4-3-5-9(10)11/h3-6,8,10,12,14H,7,13H2,1-2H3. The van der Waals surface area contributed by atoms with Gasteiger partial charge in [-0.1, -0.05) is 32.0 Å². The number of nitrogens with two attached hydrogens (primary N) is 1. The summed E-state index contributed by atoms with van der Waals surface area (Å²) >= 11 is 0. The van der Waals surface area contributed by atoms with Gasteiger partial charge in [-0.15, -0.1) is 0 Å². The predicted molar refractivity (Wildman–Crippen MR) is 60.6 cm³/mol. The van der Waals surface area contributed by atoms with Crippen LogP contribution in [-0.4, -0.2) is 12.6 Å². The summed E-state index contributed by atoms with van der Waals surface area (Å²) in [5, 5.41) is 0. The fourth-order valence-corrected chi connectivity index (χ4v) is 2.26. The third kappa shape index (κ3) is 1.85. The molecule has 1 heterocycles. The minimum Gasteiger partial charge on any atom is -0.493 e. The molecule has 3 heteroatoms. The molecular formula is C12H18N2O. The van der Waals surface area contributed by atoms with E-state index in [1.165, 1.54) is 5.56 Å². The zero-order chi connectivity index (χ0) is 10.8. The molecule has 1 aromatic carbocycles. The summed E-state index contributed by atoms with van der Waals surface area (Å²) in [7, 11) is 0. The van der Waals surface area contributed by atoms with E-state index in [4.69, 9.17) is 10.6 Å². The highest BCUT2D eigenvalue weighted by Crippen LogP contribution is 2.37. The van der Waals surface area contributed by atoms with E-state index < -0.39 is 0 Å². The van der Waals surface area contributed by atoms with E-state index in [2.05, 4.69) is 31.4 Å². The maximum absolute atomic E-state index is 5.65. The zero-order valence-corrected chi connectivity index (χ0v) is 9.23. The first kappa shape index (κ1) is 10.5. The Bertz CT molecular complexity index is 338. The maximum Gasteiger partial charge on any atom is 0.122 e. The quantitative estimate of drug-likeness (QED) is 0.584. The van der Waals surface area contributed by atoms with Gasteiger partial charge in [0, 0.05) is 17.5 Å². The van der Waals surface area contributed by atoms with Gasteiger partial charge in [-0.25, -0.2) is 0 Å². The van der Waals surface area contributed by atoms with Crippen LogP contribution in [-0.2, 0) is 0 Å². The second-order valence-electron chi connectivity index (χ2n) is 4.39. The van der Waals surface area contributed by atoms with Crippen LogP contribution in [0.3, 0.4) is 0 Å². The SMILES string of the molecule is CC(C)C(NN)C1COc2ccccc21. The Labute approximate surface area is 90.6 Å². The molecule has 0 radical (unpaired) electrons. The number of rotatable bonds is 3. The lowest BCUT2D eigenvalue weighted by Crippen LogP contribution is -2.44. The highest BCUT2D eigenvalue weighted by Gasteiger charge is 2.32. The van der Waals surface area contributed by atoms with Crippen molar-refractivity contribution in [3.05, 3.63) is 29.8 Å². The van der Waals surface area contributed by atoms with Gasteiger partial charge in [-0.3, -0.25) is 11.3 Å². The third-order valence-electron chi connectivity index (χ3n) is 3.08. The van der Waals surface area contributed by atoms with Crippen LogP contribution in [0.4, 0.5) is 0 Å². The molecule has 0 fully saturated rings. The van der Waals surface area contributed by atoms with Crippen molar-refractivity contribution in [2.75, 3.05) is 6.61 Å². The Kier molecular flexibility index (Phi) is 2.93. The van der Waals surface area contributed by atoms with Crippen molar-refractivity contribution in [2.45, 2.75) is 25.8 Å². The zero-order valence-electron chi connectivity index (χ0n) is 9.23. The van der Waals surface area contributed by atoms with Crippen LogP contribution >= 0.6 is 0 Å². The minimum atomic E-state index is 0.272. The molecule has 0 spiro atoms. The molecule has 3 N–H and O–H groups in total. The fraction of sp³-hybridized carbons (Fsp3) is 0.500. The van der Waals surface area contributed by atoms with Crippen LogP contribution in [0.2, 0.25) is 0 Å². The molecular weight excluding hydrogens is 188 g/mol. The Hall–Kier alpha value is -1.06. The van der Waals surface area contributed by atoms with Crippen LogP contribution in [0.5, 0.6) is 5.75 Å². The second-order valence-corrected chi connectivity index (χ2v) is 4.39. The Morgan fingerprint density at radius 3 is 2.80 bits per heavy atom. The van der Waals surface area contributed by atoms with Crippen LogP contribution in [0.1, 0.15) is 25.3 Å².